The summed E-state index contributed by atoms with van der Waals surface area (Å²) >= 11 is 0. The van der Waals surface area contributed by atoms with E-state index in [0.717, 1.165) is 28.3 Å². The molecule has 0 aromatic heterocycles. The molecule has 0 amide bonds. The minimum atomic E-state index is -0.619. The molecule has 27 heavy (non-hydrogen) atoms. The molecule has 1 aliphatic rings. The molecule has 8 nitrogen and oxygen atoms in total. The maximum atomic E-state index is 10.9. The van der Waals surface area contributed by atoms with Crippen LogP contribution in [0.5, 0.6) is 0 Å². The monoisotopic (exact) mass is 362 g/mol. The molecule has 0 saturated heterocycles. The molecule has 0 fully saturated rings. The van der Waals surface area contributed by atoms with Crippen molar-refractivity contribution in [3.05, 3.63) is 88.3 Å². The van der Waals surface area contributed by atoms with Crippen molar-refractivity contribution in [3.8, 4) is 11.1 Å². The lowest BCUT2D eigenvalue weighted by Gasteiger charge is -2.37. The van der Waals surface area contributed by atoms with Crippen LogP contribution in [0.4, 0.5) is 17.1 Å². The maximum absolute atomic E-state index is 10.9. The molecule has 0 saturated carbocycles. The van der Waals surface area contributed by atoms with Gasteiger partial charge in [-0.1, -0.05) is 48.5 Å². The van der Waals surface area contributed by atoms with E-state index in [4.69, 9.17) is 0 Å². The Bertz CT molecular complexity index is 986. The normalized spacial score (nSPS) is 11.6. The fourth-order valence-corrected chi connectivity index (χ4v) is 3.12. The van der Waals surface area contributed by atoms with E-state index in [2.05, 4.69) is 10.5 Å². The van der Waals surface area contributed by atoms with Crippen molar-refractivity contribution in [1.29, 1.82) is 0 Å². The van der Waals surface area contributed by atoms with E-state index < -0.39 is 5.23 Å². The molecule has 136 valence electrons. The van der Waals surface area contributed by atoms with Crippen LogP contribution in [0.3, 0.4) is 0 Å². The van der Waals surface area contributed by atoms with Gasteiger partial charge in [-0.05, 0) is 29.3 Å². The first-order valence-corrected chi connectivity index (χ1v) is 8.05. The van der Waals surface area contributed by atoms with Crippen LogP contribution in [-0.4, -0.2) is 16.1 Å². The summed E-state index contributed by atoms with van der Waals surface area (Å²) in [4.78, 5) is 0. The van der Waals surface area contributed by atoms with Crippen molar-refractivity contribution in [2.24, 2.45) is 5.10 Å². The number of nitrogens with one attached hydrogen (secondary N) is 1. The molecule has 0 bridgehead atoms. The summed E-state index contributed by atoms with van der Waals surface area (Å²) in [5.74, 6) is 0. The molecule has 0 unspecified atom stereocenters. The van der Waals surface area contributed by atoms with Gasteiger partial charge in [-0.3, -0.25) is 15.8 Å². The predicted octanol–water partition coefficient (Wildman–Crippen LogP) is 3.92. The van der Waals surface area contributed by atoms with Crippen molar-refractivity contribution in [1.82, 2.24) is 0 Å². The Morgan fingerprint density at radius 1 is 0.778 bits per heavy atom. The van der Waals surface area contributed by atoms with Crippen molar-refractivity contribution in [2.45, 2.75) is 0 Å². The highest BCUT2D eigenvalue weighted by atomic mass is 16.8. The number of hydrazone groups is 1. The van der Waals surface area contributed by atoms with Gasteiger partial charge in [-0.15, -0.1) is 5.23 Å². The van der Waals surface area contributed by atoms with Crippen LogP contribution in [0.25, 0.3) is 11.1 Å². The molecule has 8 heteroatoms. The standard InChI is InChI=1S/C19H14N4O4/c24-22(25)12-9-10-17(18(11-12)23(26)27)20-21-19-15-7-3-1-5-13(15)14-6-2-4-8-16(14)19/h1-11,20,26-27H/q-2. The van der Waals surface area contributed by atoms with Crippen molar-refractivity contribution in [3.63, 3.8) is 0 Å². The number of hydrogen-bond donors (Lipinski definition) is 3. The van der Waals surface area contributed by atoms with Gasteiger partial charge in [-0.2, -0.15) is 5.10 Å². The fraction of sp³-hybridized carbons (Fsp3) is 0. The first-order chi connectivity index (χ1) is 13.1. The van der Waals surface area contributed by atoms with E-state index >= 15 is 0 Å². The highest BCUT2D eigenvalue weighted by Gasteiger charge is 2.24. The van der Waals surface area contributed by atoms with Crippen LogP contribution >= 0.6 is 0 Å². The van der Waals surface area contributed by atoms with E-state index in [-0.39, 0.29) is 22.3 Å². The van der Waals surface area contributed by atoms with Gasteiger partial charge in [0.2, 0.25) is 0 Å². The van der Waals surface area contributed by atoms with Crippen molar-refractivity contribution < 1.29 is 10.4 Å². The fourth-order valence-electron chi connectivity index (χ4n) is 3.12. The quantitative estimate of drug-likeness (QED) is 0.471. The predicted molar refractivity (Wildman–Crippen MR) is 103 cm³/mol. The third-order valence-electron chi connectivity index (χ3n) is 4.35. The van der Waals surface area contributed by atoms with E-state index in [1.165, 1.54) is 12.1 Å². The summed E-state index contributed by atoms with van der Waals surface area (Å²) < 4.78 is 0. The third-order valence-corrected chi connectivity index (χ3v) is 4.35. The maximum Gasteiger partial charge on any atom is 0.121 e. The molecule has 0 heterocycles. The van der Waals surface area contributed by atoms with Gasteiger partial charge < -0.3 is 15.6 Å². The molecule has 0 aliphatic heterocycles. The lowest BCUT2D eigenvalue weighted by Crippen LogP contribution is -2.14. The zero-order valence-corrected chi connectivity index (χ0v) is 13.9. The van der Waals surface area contributed by atoms with Crippen LogP contribution in [0.2, 0.25) is 0 Å². The Labute approximate surface area is 154 Å². The first-order valence-electron chi connectivity index (χ1n) is 8.05. The lowest BCUT2D eigenvalue weighted by molar-refractivity contribution is 0.0295. The molecule has 3 aromatic rings. The summed E-state index contributed by atoms with van der Waals surface area (Å²) in [6, 6.07) is 19.3. The van der Waals surface area contributed by atoms with E-state index in [1.54, 1.807) is 0 Å². The summed E-state index contributed by atoms with van der Waals surface area (Å²) in [5, 5.41) is 44.2. The number of anilines is 3. The second-order valence-corrected chi connectivity index (χ2v) is 5.91. The number of benzene rings is 3. The Morgan fingerprint density at radius 2 is 1.33 bits per heavy atom. The Kier molecular flexibility index (Phi) is 4.22. The second kappa shape index (κ2) is 6.71. The van der Waals surface area contributed by atoms with Crippen molar-refractivity contribution in [2.75, 3.05) is 15.9 Å². The van der Waals surface area contributed by atoms with Crippen molar-refractivity contribution >= 4 is 22.8 Å². The van der Waals surface area contributed by atoms with Crippen LogP contribution in [-0.2, 0) is 0 Å². The van der Waals surface area contributed by atoms with Gasteiger partial charge in [0.05, 0.1) is 11.4 Å². The molecule has 3 N–H and O–H groups in total. The van der Waals surface area contributed by atoms with E-state index in [0.29, 0.717) is 5.71 Å². The molecule has 3 aromatic carbocycles. The topological polar surface area (TPSA) is 117 Å². The van der Waals surface area contributed by atoms with E-state index in [9.17, 15) is 20.8 Å². The Hall–Kier alpha value is -3.43. The number of hydrogen-bond acceptors (Lipinski definition) is 8. The number of nitrogens with zero attached hydrogens (tertiary/aromatic N) is 3. The number of rotatable bonds is 4. The highest BCUT2D eigenvalue weighted by molar-refractivity contribution is 6.24. The van der Waals surface area contributed by atoms with Crippen LogP contribution in [0, 0.1) is 10.4 Å². The molecule has 0 spiro atoms. The first kappa shape index (κ1) is 17.0. The zero-order valence-electron chi connectivity index (χ0n) is 13.9. The number of fused-ring (bicyclic) bond motifs is 3. The zero-order chi connectivity index (χ0) is 19.0. The van der Waals surface area contributed by atoms with Crippen LogP contribution in [0.15, 0.2) is 71.8 Å². The van der Waals surface area contributed by atoms with Gasteiger partial charge in [-0.25, -0.2) is 0 Å². The summed E-state index contributed by atoms with van der Waals surface area (Å²) in [7, 11) is 0. The van der Waals surface area contributed by atoms with Gasteiger partial charge in [0, 0.05) is 16.8 Å². The molecule has 0 radical (unpaired) electrons. The Balaban J connectivity index is 1.76. The van der Waals surface area contributed by atoms with Crippen LogP contribution in [0.1, 0.15) is 11.1 Å². The minimum absolute atomic E-state index is 0.175. The van der Waals surface area contributed by atoms with Gasteiger partial charge in [0.25, 0.3) is 0 Å². The second-order valence-electron chi connectivity index (χ2n) is 5.91. The molecular weight excluding hydrogens is 348 g/mol. The summed E-state index contributed by atoms with van der Waals surface area (Å²) in [6.45, 7) is 0. The smallest absolute Gasteiger partial charge is 0.121 e. The molecule has 4 rings (SSSR count). The average Bonchev–Trinajstić information content (AvgIpc) is 3.00. The lowest BCUT2D eigenvalue weighted by atomic mass is 10.1. The molecular formula is C19H14N4O4-2. The SMILES string of the molecule is [O-]N([O-])c1ccc(NN=C2c3ccccc3-c3ccccc32)c(N(O)O)c1. The largest absolute Gasteiger partial charge is 0.769 e. The average molecular weight is 362 g/mol. The van der Waals surface area contributed by atoms with Gasteiger partial charge in [0.15, 0.2) is 0 Å². The van der Waals surface area contributed by atoms with E-state index in [1.807, 2.05) is 48.5 Å². The molecule has 0 atom stereocenters. The highest BCUT2D eigenvalue weighted by Crippen LogP contribution is 2.37. The summed E-state index contributed by atoms with van der Waals surface area (Å²) in [5.41, 5.74) is 7.25. The van der Waals surface area contributed by atoms with Crippen LogP contribution < -0.4 is 15.9 Å². The Morgan fingerprint density at radius 3 is 1.85 bits per heavy atom. The van der Waals surface area contributed by atoms with Gasteiger partial charge in [0.1, 0.15) is 5.69 Å². The van der Waals surface area contributed by atoms with Gasteiger partial charge >= 0.3 is 0 Å². The summed E-state index contributed by atoms with van der Waals surface area (Å²) in [6.07, 6.45) is 0. The third kappa shape index (κ3) is 2.98. The minimum Gasteiger partial charge on any atom is -0.769 e. The molecule has 1 aliphatic carbocycles.